The number of hydrogen-bond acceptors (Lipinski definition) is 4. The highest BCUT2D eigenvalue weighted by atomic mass is 16.5. The van der Waals surface area contributed by atoms with Gasteiger partial charge in [-0.3, -0.25) is 0 Å². The van der Waals surface area contributed by atoms with Crippen LogP contribution in [0.5, 0.6) is 34.5 Å². The van der Waals surface area contributed by atoms with E-state index < -0.39 is 5.97 Å². The molecule has 5 heteroatoms. The third kappa shape index (κ3) is 4.97. The second-order valence-corrected chi connectivity index (χ2v) is 6.40. The molecule has 0 unspecified atom stereocenters. The Morgan fingerprint density at radius 2 is 0.900 bits per heavy atom. The maximum atomic E-state index is 11.1. The first kappa shape index (κ1) is 19.1. The van der Waals surface area contributed by atoms with E-state index in [4.69, 9.17) is 19.3 Å². The Kier molecular flexibility index (Phi) is 5.62. The summed E-state index contributed by atoms with van der Waals surface area (Å²) < 4.78 is 17.3. The largest absolute Gasteiger partial charge is 0.478 e. The van der Waals surface area contributed by atoms with Crippen LogP contribution in [0.15, 0.2) is 103 Å². The van der Waals surface area contributed by atoms with Crippen LogP contribution in [0.25, 0.3) is 0 Å². The molecule has 0 aliphatic rings. The molecule has 0 aliphatic carbocycles. The van der Waals surface area contributed by atoms with Crippen molar-refractivity contribution in [3.8, 4) is 34.5 Å². The molecule has 0 fully saturated rings. The van der Waals surface area contributed by atoms with Gasteiger partial charge >= 0.3 is 5.97 Å². The molecule has 0 aromatic heterocycles. The number of carbonyl (C=O) groups is 1. The number of hydrogen-bond donors (Lipinski definition) is 1. The third-order valence-electron chi connectivity index (χ3n) is 4.18. The predicted molar refractivity (Wildman–Crippen MR) is 113 cm³/mol. The summed E-state index contributed by atoms with van der Waals surface area (Å²) in [5.74, 6) is 2.87. The van der Waals surface area contributed by atoms with Crippen LogP contribution in [0.1, 0.15) is 10.4 Å². The van der Waals surface area contributed by atoms with E-state index in [1.807, 2.05) is 54.6 Å². The lowest BCUT2D eigenvalue weighted by Crippen LogP contribution is -1.96. The summed E-state index contributed by atoms with van der Waals surface area (Å²) in [5.41, 5.74) is 0.173. The lowest BCUT2D eigenvalue weighted by atomic mass is 10.2. The Bertz CT molecular complexity index is 1120. The normalized spacial score (nSPS) is 10.3. The first-order chi connectivity index (χ1) is 14.7. The predicted octanol–water partition coefficient (Wildman–Crippen LogP) is 6.76. The molecule has 4 rings (SSSR count). The van der Waals surface area contributed by atoms with Gasteiger partial charge in [0.25, 0.3) is 0 Å². The fourth-order valence-corrected chi connectivity index (χ4v) is 2.74. The second-order valence-electron chi connectivity index (χ2n) is 6.40. The molecule has 4 aromatic carbocycles. The zero-order valence-electron chi connectivity index (χ0n) is 15.9. The molecule has 0 aliphatic heterocycles. The zero-order valence-corrected chi connectivity index (χ0v) is 15.9. The first-order valence-electron chi connectivity index (χ1n) is 9.28. The van der Waals surface area contributed by atoms with Crippen molar-refractivity contribution in [1.29, 1.82) is 0 Å². The molecule has 4 aromatic rings. The third-order valence-corrected chi connectivity index (χ3v) is 4.18. The summed E-state index contributed by atoms with van der Waals surface area (Å²) in [6.07, 6.45) is 0. The molecule has 30 heavy (non-hydrogen) atoms. The Morgan fingerprint density at radius 1 is 0.500 bits per heavy atom. The molecule has 0 bridgehead atoms. The topological polar surface area (TPSA) is 65.0 Å². The van der Waals surface area contributed by atoms with E-state index in [1.54, 1.807) is 36.4 Å². The lowest BCUT2D eigenvalue weighted by molar-refractivity contribution is 0.0696. The SMILES string of the molecule is O=C(O)c1cccc(Oc2ccc(Oc3ccc(Oc4ccccc4)cc3)cc2)c1. The average molecular weight is 398 g/mol. The van der Waals surface area contributed by atoms with Crippen molar-refractivity contribution in [2.24, 2.45) is 0 Å². The maximum Gasteiger partial charge on any atom is 0.335 e. The first-order valence-corrected chi connectivity index (χ1v) is 9.28. The fraction of sp³-hybridized carbons (Fsp3) is 0. The summed E-state index contributed by atoms with van der Waals surface area (Å²) in [6, 6.07) is 30.3. The highest BCUT2D eigenvalue weighted by molar-refractivity contribution is 5.88. The molecule has 0 spiro atoms. The molecule has 0 saturated carbocycles. The summed E-state index contributed by atoms with van der Waals surface area (Å²) in [7, 11) is 0. The quantitative estimate of drug-likeness (QED) is 0.372. The van der Waals surface area contributed by atoms with Crippen molar-refractivity contribution in [3.05, 3.63) is 109 Å². The second kappa shape index (κ2) is 8.84. The van der Waals surface area contributed by atoms with Gasteiger partial charge in [0.05, 0.1) is 5.56 Å². The number of ether oxygens (including phenoxy) is 3. The summed E-state index contributed by atoms with van der Waals surface area (Å²) in [5, 5.41) is 9.06. The molecular formula is C25H18O5. The van der Waals surface area contributed by atoms with Crippen molar-refractivity contribution in [1.82, 2.24) is 0 Å². The summed E-state index contributed by atoms with van der Waals surface area (Å²) in [6.45, 7) is 0. The minimum Gasteiger partial charge on any atom is -0.478 e. The van der Waals surface area contributed by atoms with Crippen LogP contribution in [-0.4, -0.2) is 11.1 Å². The minimum atomic E-state index is -0.996. The van der Waals surface area contributed by atoms with Gasteiger partial charge in [-0.2, -0.15) is 0 Å². The number of carboxylic acids is 1. The maximum absolute atomic E-state index is 11.1. The molecule has 0 radical (unpaired) electrons. The molecule has 0 heterocycles. The van der Waals surface area contributed by atoms with Gasteiger partial charge in [-0.1, -0.05) is 24.3 Å². The molecule has 0 atom stereocenters. The van der Waals surface area contributed by atoms with Gasteiger partial charge in [-0.25, -0.2) is 4.79 Å². The van der Waals surface area contributed by atoms with E-state index in [9.17, 15) is 4.79 Å². The van der Waals surface area contributed by atoms with Crippen molar-refractivity contribution in [3.63, 3.8) is 0 Å². The highest BCUT2D eigenvalue weighted by Crippen LogP contribution is 2.29. The van der Waals surface area contributed by atoms with Crippen molar-refractivity contribution >= 4 is 5.97 Å². The van der Waals surface area contributed by atoms with Crippen molar-refractivity contribution in [2.45, 2.75) is 0 Å². The van der Waals surface area contributed by atoms with Gasteiger partial charge in [0.2, 0.25) is 0 Å². The van der Waals surface area contributed by atoms with Crippen LogP contribution >= 0.6 is 0 Å². The number of benzene rings is 4. The van der Waals surface area contributed by atoms with Gasteiger partial charge < -0.3 is 19.3 Å². The number of carboxylic acid groups (broad SMARTS) is 1. The van der Waals surface area contributed by atoms with E-state index in [0.717, 1.165) is 11.5 Å². The van der Waals surface area contributed by atoms with E-state index in [2.05, 4.69) is 0 Å². The molecule has 0 amide bonds. The fourth-order valence-electron chi connectivity index (χ4n) is 2.74. The summed E-state index contributed by atoms with van der Waals surface area (Å²) in [4.78, 5) is 11.1. The molecule has 0 saturated heterocycles. The molecular weight excluding hydrogens is 380 g/mol. The van der Waals surface area contributed by atoms with E-state index in [1.165, 1.54) is 12.1 Å². The average Bonchev–Trinajstić information content (AvgIpc) is 2.77. The lowest BCUT2D eigenvalue weighted by Gasteiger charge is -2.10. The van der Waals surface area contributed by atoms with E-state index >= 15 is 0 Å². The van der Waals surface area contributed by atoms with Crippen LogP contribution < -0.4 is 14.2 Å². The number of rotatable bonds is 7. The standard InChI is InChI=1S/C25H18O5/c26-25(27)18-5-4-8-24(17-18)30-23-15-13-22(14-16-23)29-21-11-9-20(10-12-21)28-19-6-2-1-3-7-19/h1-17H,(H,26,27). The molecule has 5 nitrogen and oxygen atoms in total. The van der Waals surface area contributed by atoms with Gasteiger partial charge in [-0.05, 0) is 78.9 Å². The summed E-state index contributed by atoms with van der Waals surface area (Å²) >= 11 is 0. The Hall–Kier alpha value is -4.25. The van der Waals surface area contributed by atoms with Crippen LogP contribution in [-0.2, 0) is 0 Å². The van der Waals surface area contributed by atoms with Gasteiger partial charge in [0, 0.05) is 0 Å². The van der Waals surface area contributed by atoms with E-state index in [0.29, 0.717) is 23.0 Å². The highest BCUT2D eigenvalue weighted by Gasteiger charge is 2.05. The number of aromatic carboxylic acids is 1. The van der Waals surface area contributed by atoms with Crippen molar-refractivity contribution < 1.29 is 24.1 Å². The Morgan fingerprint density at radius 3 is 1.37 bits per heavy atom. The van der Waals surface area contributed by atoms with Crippen LogP contribution in [0, 0.1) is 0 Å². The number of para-hydroxylation sites is 1. The zero-order chi connectivity index (χ0) is 20.8. The molecule has 1 N–H and O–H groups in total. The van der Waals surface area contributed by atoms with Crippen molar-refractivity contribution in [2.75, 3.05) is 0 Å². The van der Waals surface area contributed by atoms with E-state index in [-0.39, 0.29) is 5.56 Å². The minimum absolute atomic E-state index is 0.173. The molecule has 148 valence electrons. The Labute approximate surface area is 173 Å². The monoisotopic (exact) mass is 398 g/mol. The van der Waals surface area contributed by atoms with Gasteiger partial charge in [0.15, 0.2) is 0 Å². The van der Waals surface area contributed by atoms with Gasteiger partial charge in [0.1, 0.15) is 34.5 Å². The van der Waals surface area contributed by atoms with Crippen LogP contribution in [0.4, 0.5) is 0 Å². The van der Waals surface area contributed by atoms with Gasteiger partial charge in [-0.15, -0.1) is 0 Å². The Balaban J connectivity index is 1.37. The van der Waals surface area contributed by atoms with Crippen LogP contribution in [0.2, 0.25) is 0 Å². The van der Waals surface area contributed by atoms with Crippen LogP contribution in [0.3, 0.4) is 0 Å². The smallest absolute Gasteiger partial charge is 0.335 e.